The first-order chi connectivity index (χ1) is 12.5. The van der Waals surface area contributed by atoms with Crippen LogP contribution in [0.5, 0.6) is 0 Å². The lowest BCUT2D eigenvalue weighted by Crippen LogP contribution is -2.17. The number of esters is 1. The molecule has 7 heteroatoms. The molecule has 3 rings (SSSR count). The summed E-state index contributed by atoms with van der Waals surface area (Å²) < 4.78 is 23.3. The summed E-state index contributed by atoms with van der Waals surface area (Å²) in [6.07, 6.45) is 0. The first-order valence-corrected chi connectivity index (χ1v) is 7.80. The molecule has 0 radical (unpaired) electrons. The molecule has 0 saturated carbocycles. The zero-order chi connectivity index (χ0) is 18.7. The van der Waals surface area contributed by atoms with Crippen LogP contribution in [0.3, 0.4) is 0 Å². The van der Waals surface area contributed by atoms with Crippen molar-refractivity contribution in [2.45, 2.75) is 6.92 Å². The smallest absolute Gasteiger partial charge is 0.344 e. The number of halogens is 1. The highest BCUT2D eigenvalue weighted by molar-refractivity contribution is 6.07. The van der Waals surface area contributed by atoms with Crippen molar-refractivity contribution in [2.75, 3.05) is 11.9 Å². The molecule has 0 atom stereocenters. The predicted octanol–water partition coefficient (Wildman–Crippen LogP) is 3.36. The van der Waals surface area contributed by atoms with Crippen LogP contribution >= 0.6 is 0 Å². The zero-order valence-corrected chi connectivity index (χ0v) is 13.7. The van der Waals surface area contributed by atoms with Crippen LogP contribution in [0.4, 0.5) is 10.1 Å². The normalized spacial score (nSPS) is 10.5. The average molecular weight is 355 g/mol. The topological polar surface area (TPSA) is 85.6 Å². The third kappa shape index (κ3) is 3.46. The summed E-state index contributed by atoms with van der Waals surface area (Å²) in [6.45, 7) is 1.86. The van der Waals surface area contributed by atoms with Crippen LogP contribution in [0.15, 0.2) is 57.7 Å². The Morgan fingerprint density at radius 2 is 1.92 bits per heavy atom. The summed E-state index contributed by atoms with van der Waals surface area (Å²) in [7, 11) is 0. The Morgan fingerprint density at radius 1 is 1.15 bits per heavy atom. The van der Waals surface area contributed by atoms with Gasteiger partial charge in [-0.3, -0.25) is 4.79 Å². The first-order valence-electron chi connectivity index (χ1n) is 7.80. The highest BCUT2D eigenvalue weighted by Gasteiger charge is 2.17. The molecule has 0 unspecified atom stereocenters. The number of carbonyl (C=O) groups is 2. The minimum Gasteiger partial charge on any atom is -0.462 e. The number of amides is 1. The summed E-state index contributed by atoms with van der Waals surface area (Å²) in [5.74, 6) is -2.18. The van der Waals surface area contributed by atoms with Gasteiger partial charge in [0.2, 0.25) is 0 Å². The van der Waals surface area contributed by atoms with Crippen molar-refractivity contribution in [1.82, 2.24) is 0 Å². The largest absolute Gasteiger partial charge is 0.462 e. The number of nitrogens with one attached hydrogen (secondary N) is 1. The lowest BCUT2D eigenvalue weighted by Gasteiger charge is -2.10. The van der Waals surface area contributed by atoms with Crippen LogP contribution in [-0.4, -0.2) is 18.5 Å². The van der Waals surface area contributed by atoms with Crippen molar-refractivity contribution in [3.63, 3.8) is 0 Å². The van der Waals surface area contributed by atoms with E-state index >= 15 is 0 Å². The molecule has 0 aliphatic rings. The molecule has 0 saturated heterocycles. The maximum Gasteiger partial charge on any atom is 0.344 e. The molecule has 1 aromatic heterocycles. The maximum absolute atomic E-state index is 13.4. The van der Waals surface area contributed by atoms with E-state index in [1.165, 1.54) is 24.3 Å². The molecule has 0 aliphatic carbocycles. The van der Waals surface area contributed by atoms with Gasteiger partial charge in [-0.25, -0.2) is 14.0 Å². The lowest BCUT2D eigenvalue weighted by atomic mass is 10.1. The summed E-state index contributed by atoms with van der Waals surface area (Å²) in [6, 6.07) is 11.1. The van der Waals surface area contributed by atoms with Gasteiger partial charge in [0.15, 0.2) is 5.76 Å². The number of hydrogen-bond acceptors (Lipinski definition) is 5. The number of rotatable bonds is 4. The van der Waals surface area contributed by atoms with E-state index in [9.17, 15) is 18.8 Å². The molecule has 0 bridgehead atoms. The second kappa shape index (κ2) is 7.18. The van der Waals surface area contributed by atoms with Crippen LogP contribution in [0, 0.1) is 5.82 Å². The number of carbonyl (C=O) groups excluding carboxylic acids is 2. The van der Waals surface area contributed by atoms with Crippen molar-refractivity contribution in [1.29, 1.82) is 0 Å². The molecular weight excluding hydrogens is 341 g/mol. The Labute approximate surface area is 147 Å². The van der Waals surface area contributed by atoms with E-state index in [0.717, 1.165) is 12.1 Å². The van der Waals surface area contributed by atoms with E-state index in [4.69, 9.17) is 9.15 Å². The number of para-hydroxylation sites is 1. The number of ether oxygens (including phenoxy) is 1. The Kier molecular flexibility index (Phi) is 4.79. The summed E-state index contributed by atoms with van der Waals surface area (Å²) in [5, 5.41) is 2.91. The fourth-order valence-electron chi connectivity index (χ4n) is 2.44. The van der Waals surface area contributed by atoms with Gasteiger partial charge in [0, 0.05) is 0 Å². The number of benzene rings is 2. The molecular formula is C19H14FNO5. The van der Waals surface area contributed by atoms with Gasteiger partial charge in [-0.1, -0.05) is 12.1 Å². The van der Waals surface area contributed by atoms with Gasteiger partial charge in [-0.2, -0.15) is 0 Å². The molecule has 1 N–H and O–H groups in total. The molecule has 26 heavy (non-hydrogen) atoms. The van der Waals surface area contributed by atoms with Gasteiger partial charge in [-0.15, -0.1) is 0 Å². The first kappa shape index (κ1) is 17.3. The van der Waals surface area contributed by atoms with E-state index in [0.29, 0.717) is 0 Å². The van der Waals surface area contributed by atoms with Crippen molar-refractivity contribution < 1.29 is 23.1 Å². The quantitative estimate of drug-likeness (QED) is 0.725. The van der Waals surface area contributed by atoms with Gasteiger partial charge in [0.25, 0.3) is 5.91 Å². The van der Waals surface area contributed by atoms with Crippen LogP contribution in [0.1, 0.15) is 27.8 Å². The van der Waals surface area contributed by atoms with E-state index in [1.54, 1.807) is 19.1 Å². The fraction of sp³-hybridized carbons (Fsp3) is 0.105. The molecule has 0 fully saturated rings. The average Bonchev–Trinajstić information content (AvgIpc) is 2.61. The monoisotopic (exact) mass is 355 g/mol. The predicted molar refractivity (Wildman–Crippen MR) is 92.8 cm³/mol. The Bertz CT molecular complexity index is 1060. The van der Waals surface area contributed by atoms with E-state index in [-0.39, 0.29) is 34.4 Å². The van der Waals surface area contributed by atoms with Crippen molar-refractivity contribution in [3.05, 3.63) is 76.1 Å². The molecule has 132 valence electrons. The van der Waals surface area contributed by atoms with Crippen LogP contribution in [0.2, 0.25) is 0 Å². The third-order valence-corrected chi connectivity index (χ3v) is 3.62. The van der Waals surface area contributed by atoms with Crippen molar-refractivity contribution >= 4 is 28.3 Å². The van der Waals surface area contributed by atoms with Crippen LogP contribution in [-0.2, 0) is 4.74 Å². The Balaban J connectivity index is 1.95. The minimum absolute atomic E-state index is 0.162. The molecule has 3 aromatic rings. The molecule has 0 spiro atoms. The summed E-state index contributed by atoms with van der Waals surface area (Å²) in [5.41, 5.74) is -0.388. The van der Waals surface area contributed by atoms with Crippen LogP contribution < -0.4 is 10.9 Å². The van der Waals surface area contributed by atoms with Crippen molar-refractivity contribution in [2.24, 2.45) is 0 Å². The van der Waals surface area contributed by atoms with E-state index < -0.39 is 23.3 Å². The Hall–Kier alpha value is -3.48. The number of fused-ring (bicyclic) bond motifs is 1. The standard InChI is InChI=1S/C19H14FNO5/c1-2-25-18(23)14-5-3-4-6-15(14)21-17(22)16-10-11-9-12(20)7-8-13(11)19(24)26-16/h3-10H,2H2,1H3,(H,21,22). The summed E-state index contributed by atoms with van der Waals surface area (Å²) >= 11 is 0. The van der Waals surface area contributed by atoms with Gasteiger partial charge in [0.05, 0.1) is 23.2 Å². The molecule has 2 aromatic carbocycles. The lowest BCUT2D eigenvalue weighted by molar-refractivity contribution is 0.0527. The molecule has 1 heterocycles. The van der Waals surface area contributed by atoms with Crippen molar-refractivity contribution in [3.8, 4) is 0 Å². The minimum atomic E-state index is -0.758. The molecule has 6 nitrogen and oxygen atoms in total. The van der Waals surface area contributed by atoms with Gasteiger partial charge in [0.1, 0.15) is 5.82 Å². The zero-order valence-electron chi connectivity index (χ0n) is 13.7. The molecule has 1 amide bonds. The van der Waals surface area contributed by atoms with E-state index in [2.05, 4.69) is 5.32 Å². The van der Waals surface area contributed by atoms with Gasteiger partial charge in [-0.05, 0) is 48.7 Å². The SMILES string of the molecule is CCOC(=O)c1ccccc1NC(=O)c1cc2cc(F)ccc2c(=O)o1. The number of anilines is 1. The van der Waals surface area contributed by atoms with Crippen LogP contribution in [0.25, 0.3) is 10.8 Å². The van der Waals surface area contributed by atoms with Gasteiger partial charge < -0.3 is 14.5 Å². The highest BCUT2D eigenvalue weighted by Crippen LogP contribution is 2.19. The van der Waals surface area contributed by atoms with Gasteiger partial charge >= 0.3 is 11.6 Å². The fourth-order valence-corrected chi connectivity index (χ4v) is 2.44. The highest BCUT2D eigenvalue weighted by atomic mass is 19.1. The number of hydrogen-bond donors (Lipinski definition) is 1. The maximum atomic E-state index is 13.4. The van der Waals surface area contributed by atoms with E-state index in [1.807, 2.05) is 0 Å². The second-order valence-electron chi connectivity index (χ2n) is 5.35. The third-order valence-electron chi connectivity index (χ3n) is 3.62. The molecule has 0 aliphatic heterocycles. The summed E-state index contributed by atoms with van der Waals surface area (Å²) in [4.78, 5) is 36.4. The Morgan fingerprint density at radius 3 is 2.69 bits per heavy atom. The second-order valence-corrected chi connectivity index (χ2v) is 5.35.